The second-order valence-electron chi connectivity index (χ2n) is 4.43. The molecule has 0 atom stereocenters. The Morgan fingerprint density at radius 1 is 1.53 bits per heavy atom. The van der Waals surface area contributed by atoms with Crippen molar-refractivity contribution in [2.75, 3.05) is 0 Å². The molecule has 1 fully saturated rings. The largest absolute Gasteiger partial charge is 0.476 e. The zero-order valence-corrected chi connectivity index (χ0v) is 9.42. The van der Waals surface area contributed by atoms with Crippen LogP contribution in [0.15, 0.2) is 6.20 Å². The van der Waals surface area contributed by atoms with Gasteiger partial charge in [0.05, 0.1) is 0 Å². The molecule has 3 rings (SSSR count). The first-order valence-electron chi connectivity index (χ1n) is 5.62. The molecule has 2 aromatic heterocycles. The van der Waals surface area contributed by atoms with Gasteiger partial charge in [0, 0.05) is 17.7 Å². The molecule has 2 aromatic rings. The summed E-state index contributed by atoms with van der Waals surface area (Å²) in [7, 11) is 0. The standard InChI is InChI=1S/C11H12N4O2/c1-6-5-12-10-8(7-3-2-4-7)13-14-15(10)9(6)11(16)17/h5,7H,2-4H2,1H3,(H,16,17). The van der Waals surface area contributed by atoms with Crippen molar-refractivity contribution in [1.29, 1.82) is 0 Å². The lowest BCUT2D eigenvalue weighted by atomic mass is 9.83. The molecule has 0 bridgehead atoms. The molecule has 1 aliphatic rings. The molecule has 6 heteroatoms. The minimum atomic E-state index is -1.00. The van der Waals surface area contributed by atoms with E-state index in [1.165, 1.54) is 10.9 Å². The van der Waals surface area contributed by atoms with Gasteiger partial charge in [-0.15, -0.1) is 5.10 Å². The summed E-state index contributed by atoms with van der Waals surface area (Å²) in [6.07, 6.45) is 4.95. The van der Waals surface area contributed by atoms with Crippen molar-refractivity contribution in [2.45, 2.75) is 32.1 Å². The van der Waals surface area contributed by atoms with E-state index in [1.807, 2.05) is 0 Å². The minimum Gasteiger partial charge on any atom is -0.476 e. The first kappa shape index (κ1) is 10.2. The molecule has 1 N–H and O–H groups in total. The van der Waals surface area contributed by atoms with Gasteiger partial charge in [-0.2, -0.15) is 4.52 Å². The fourth-order valence-electron chi connectivity index (χ4n) is 2.15. The van der Waals surface area contributed by atoms with Gasteiger partial charge < -0.3 is 5.11 Å². The molecule has 6 nitrogen and oxygen atoms in total. The van der Waals surface area contributed by atoms with Crippen LogP contribution in [0.2, 0.25) is 0 Å². The van der Waals surface area contributed by atoms with E-state index in [9.17, 15) is 4.79 Å². The van der Waals surface area contributed by atoms with Gasteiger partial charge in [0.1, 0.15) is 5.69 Å². The summed E-state index contributed by atoms with van der Waals surface area (Å²) < 4.78 is 1.34. The summed E-state index contributed by atoms with van der Waals surface area (Å²) in [5.74, 6) is -0.607. The van der Waals surface area contributed by atoms with Crippen LogP contribution in [-0.2, 0) is 0 Å². The molecule has 0 spiro atoms. The van der Waals surface area contributed by atoms with Gasteiger partial charge >= 0.3 is 5.97 Å². The van der Waals surface area contributed by atoms with Crippen molar-refractivity contribution in [2.24, 2.45) is 0 Å². The number of carboxylic acid groups (broad SMARTS) is 1. The highest BCUT2D eigenvalue weighted by atomic mass is 16.4. The lowest BCUT2D eigenvalue weighted by Crippen LogP contribution is -2.12. The Hall–Kier alpha value is -1.98. The van der Waals surface area contributed by atoms with Gasteiger partial charge in [-0.25, -0.2) is 9.78 Å². The average Bonchev–Trinajstić information content (AvgIpc) is 2.58. The third-order valence-corrected chi connectivity index (χ3v) is 3.33. The van der Waals surface area contributed by atoms with Crippen LogP contribution in [0.4, 0.5) is 0 Å². The summed E-state index contributed by atoms with van der Waals surface area (Å²) in [4.78, 5) is 15.4. The Morgan fingerprint density at radius 3 is 2.88 bits per heavy atom. The van der Waals surface area contributed by atoms with Gasteiger partial charge in [0.25, 0.3) is 0 Å². The lowest BCUT2D eigenvalue weighted by molar-refractivity contribution is 0.0686. The van der Waals surface area contributed by atoms with Crippen LogP contribution >= 0.6 is 0 Å². The zero-order valence-electron chi connectivity index (χ0n) is 9.42. The number of hydrogen-bond donors (Lipinski definition) is 1. The van der Waals surface area contributed by atoms with E-state index in [0.717, 1.165) is 18.5 Å². The summed E-state index contributed by atoms with van der Waals surface area (Å²) in [6.45, 7) is 1.71. The van der Waals surface area contributed by atoms with Crippen molar-refractivity contribution in [1.82, 2.24) is 19.8 Å². The van der Waals surface area contributed by atoms with E-state index in [2.05, 4.69) is 15.3 Å². The number of hydrogen-bond acceptors (Lipinski definition) is 4. The predicted octanol–water partition coefficient (Wildman–Crippen LogP) is 1.40. The van der Waals surface area contributed by atoms with E-state index >= 15 is 0 Å². The molecule has 0 amide bonds. The summed E-state index contributed by atoms with van der Waals surface area (Å²) in [6, 6.07) is 0. The quantitative estimate of drug-likeness (QED) is 0.846. The highest BCUT2D eigenvalue weighted by Gasteiger charge is 2.27. The van der Waals surface area contributed by atoms with Crippen LogP contribution in [0.3, 0.4) is 0 Å². The van der Waals surface area contributed by atoms with Gasteiger partial charge in [-0.05, 0) is 19.8 Å². The SMILES string of the molecule is Cc1cnc2c(C3CCC3)nnn2c1C(=O)O. The minimum absolute atomic E-state index is 0.146. The molecular formula is C11H12N4O2. The number of nitrogens with zero attached hydrogens (tertiary/aromatic N) is 4. The highest BCUT2D eigenvalue weighted by molar-refractivity contribution is 5.87. The molecule has 0 unspecified atom stereocenters. The van der Waals surface area contributed by atoms with Gasteiger partial charge in [0.2, 0.25) is 0 Å². The Bertz CT molecular complexity index is 601. The van der Waals surface area contributed by atoms with E-state index in [-0.39, 0.29) is 5.69 Å². The van der Waals surface area contributed by atoms with Crippen molar-refractivity contribution < 1.29 is 9.90 Å². The van der Waals surface area contributed by atoms with Gasteiger partial charge in [0.15, 0.2) is 11.3 Å². The van der Waals surface area contributed by atoms with Crippen molar-refractivity contribution in [3.63, 3.8) is 0 Å². The van der Waals surface area contributed by atoms with Crippen LogP contribution < -0.4 is 0 Å². The highest BCUT2D eigenvalue weighted by Crippen LogP contribution is 2.36. The second-order valence-corrected chi connectivity index (χ2v) is 4.43. The predicted molar refractivity (Wildman–Crippen MR) is 59.1 cm³/mol. The van der Waals surface area contributed by atoms with Crippen LogP contribution in [0.25, 0.3) is 5.65 Å². The van der Waals surface area contributed by atoms with Crippen molar-refractivity contribution in [3.8, 4) is 0 Å². The molecule has 88 valence electrons. The maximum atomic E-state index is 11.2. The first-order valence-corrected chi connectivity index (χ1v) is 5.62. The Morgan fingerprint density at radius 2 is 2.29 bits per heavy atom. The maximum Gasteiger partial charge on any atom is 0.355 e. The van der Waals surface area contributed by atoms with E-state index in [0.29, 0.717) is 17.1 Å². The number of aromatic nitrogens is 4. The molecule has 1 aliphatic carbocycles. The zero-order chi connectivity index (χ0) is 12.0. The average molecular weight is 232 g/mol. The Labute approximate surface area is 97.3 Å². The molecule has 0 saturated heterocycles. The van der Waals surface area contributed by atoms with Crippen molar-refractivity contribution in [3.05, 3.63) is 23.1 Å². The molecule has 1 saturated carbocycles. The maximum absolute atomic E-state index is 11.2. The Balaban J connectivity index is 2.24. The van der Waals surface area contributed by atoms with E-state index < -0.39 is 5.97 Å². The summed E-state index contributed by atoms with van der Waals surface area (Å²) in [5.41, 5.74) is 2.15. The number of rotatable bonds is 2. The van der Waals surface area contributed by atoms with Crippen molar-refractivity contribution >= 4 is 11.6 Å². The molecule has 0 aromatic carbocycles. The number of aryl methyl sites for hydroxylation is 1. The van der Waals surface area contributed by atoms with E-state index in [4.69, 9.17) is 5.11 Å². The third kappa shape index (κ3) is 1.40. The normalized spacial score (nSPS) is 16.1. The van der Waals surface area contributed by atoms with Crippen LogP contribution in [-0.4, -0.2) is 30.9 Å². The van der Waals surface area contributed by atoms with Crippen LogP contribution in [0.1, 0.15) is 46.9 Å². The summed E-state index contributed by atoms with van der Waals surface area (Å²) >= 11 is 0. The van der Waals surface area contributed by atoms with E-state index in [1.54, 1.807) is 13.1 Å². The number of aromatic carboxylic acids is 1. The fraction of sp³-hybridized carbons (Fsp3) is 0.455. The van der Waals surface area contributed by atoms with Gasteiger partial charge in [-0.1, -0.05) is 11.6 Å². The van der Waals surface area contributed by atoms with Crippen LogP contribution in [0.5, 0.6) is 0 Å². The summed E-state index contributed by atoms with van der Waals surface area (Å²) in [5, 5.41) is 17.2. The fourth-order valence-corrected chi connectivity index (χ4v) is 2.15. The number of carbonyl (C=O) groups is 1. The Kier molecular flexibility index (Phi) is 2.10. The lowest BCUT2D eigenvalue weighted by Gasteiger charge is -2.22. The van der Waals surface area contributed by atoms with Gasteiger partial charge in [-0.3, -0.25) is 0 Å². The molecule has 17 heavy (non-hydrogen) atoms. The second kappa shape index (κ2) is 3.51. The third-order valence-electron chi connectivity index (χ3n) is 3.33. The molecule has 0 aliphatic heterocycles. The first-order chi connectivity index (χ1) is 8.18. The topological polar surface area (TPSA) is 80.4 Å². The molecule has 0 radical (unpaired) electrons. The molecule has 2 heterocycles. The molecular weight excluding hydrogens is 220 g/mol. The monoisotopic (exact) mass is 232 g/mol. The number of fused-ring (bicyclic) bond motifs is 1. The smallest absolute Gasteiger partial charge is 0.355 e. The number of carboxylic acids is 1. The van der Waals surface area contributed by atoms with Crippen LogP contribution in [0, 0.1) is 6.92 Å².